The maximum absolute atomic E-state index is 12.1. The van der Waals surface area contributed by atoms with Crippen LogP contribution < -0.4 is 10.2 Å². The summed E-state index contributed by atoms with van der Waals surface area (Å²) in [7, 11) is 0. The number of rotatable bonds is 7. The molecule has 1 fully saturated rings. The van der Waals surface area contributed by atoms with E-state index in [4.69, 9.17) is 0 Å². The zero-order valence-corrected chi connectivity index (χ0v) is 14.9. The Kier molecular flexibility index (Phi) is 6.04. The van der Waals surface area contributed by atoms with Crippen LogP contribution in [0.4, 0.5) is 5.69 Å². The second kappa shape index (κ2) is 8.65. The van der Waals surface area contributed by atoms with Gasteiger partial charge in [-0.15, -0.1) is 0 Å². The summed E-state index contributed by atoms with van der Waals surface area (Å²) in [5.74, 6) is 1.74. The Morgan fingerprint density at radius 2 is 2.00 bits per heavy atom. The highest BCUT2D eigenvalue weighted by molar-refractivity contribution is 5.75. The Labute approximate surface area is 149 Å². The van der Waals surface area contributed by atoms with Crippen LogP contribution in [-0.2, 0) is 17.8 Å². The third kappa shape index (κ3) is 4.81. The van der Waals surface area contributed by atoms with Crippen molar-refractivity contribution in [3.63, 3.8) is 0 Å². The molecule has 6 nitrogen and oxygen atoms in total. The number of aromatic nitrogens is 3. The first kappa shape index (κ1) is 17.5. The lowest BCUT2D eigenvalue weighted by Crippen LogP contribution is -2.38. The Morgan fingerprint density at radius 3 is 2.72 bits per heavy atom. The molecule has 1 aliphatic rings. The van der Waals surface area contributed by atoms with Crippen LogP contribution in [0.5, 0.6) is 0 Å². The molecule has 1 aliphatic heterocycles. The third-order valence-corrected chi connectivity index (χ3v) is 4.93. The number of hydrogen-bond acceptors (Lipinski definition) is 4. The highest BCUT2D eigenvalue weighted by atomic mass is 16.1. The van der Waals surface area contributed by atoms with Crippen LogP contribution in [0, 0.1) is 5.92 Å². The summed E-state index contributed by atoms with van der Waals surface area (Å²) in [6, 6.07) is 4.12. The van der Waals surface area contributed by atoms with Gasteiger partial charge in [0.2, 0.25) is 5.91 Å². The molecular weight excluding hydrogens is 314 g/mol. The third-order valence-electron chi connectivity index (χ3n) is 4.93. The smallest absolute Gasteiger partial charge is 0.221 e. The first-order chi connectivity index (χ1) is 12.3. The van der Waals surface area contributed by atoms with Crippen LogP contribution in [0.15, 0.2) is 36.9 Å². The SMILES string of the molecule is CCc1nccn1CCC(=O)NCC1CCN(c2ccncc2)CC1. The second-order valence-corrected chi connectivity index (χ2v) is 6.58. The van der Waals surface area contributed by atoms with Gasteiger partial charge in [-0.3, -0.25) is 9.78 Å². The molecule has 0 bridgehead atoms. The molecule has 0 atom stereocenters. The van der Waals surface area contributed by atoms with Crippen LogP contribution in [0.3, 0.4) is 0 Å². The normalized spacial score (nSPS) is 15.3. The molecule has 1 amide bonds. The van der Waals surface area contributed by atoms with Gasteiger partial charge in [-0.05, 0) is 30.9 Å². The number of carbonyl (C=O) groups excluding carboxylic acids is 1. The van der Waals surface area contributed by atoms with Gasteiger partial charge in [0.15, 0.2) is 0 Å². The van der Waals surface area contributed by atoms with Gasteiger partial charge in [0.1, 0.15) is 5.82 Å². The van der Waals surface area contributed by atoms with E-state index in [9.17, 15) is 4.79 Å². The molecule has 3 rings (SSSR count). The van der Waals surface area contributed by atoms with Crippen molar-refractivity contribution in [1.82, 2.24) is 19.9 Å². The summed E-state index contributed by atoms with van der Waals surface area (Å²) in [6.45, 7) is 5.65. The minimum atomic E-state index is 0.132. The molecule has 1 saturated heterocycles. The van der Waals surface area contributed by atoms with Crippen molar-refractivity contribution < 1.29 is 4.79 Å². The summed E-state index contributed by atoms with van der Waals surface area (Å²) < 4.78 is 2.06. The van der Waals surface area contributed by atoms with E-state index in [0.717, 1.165) is 44.7 Å². The van der Waals surface area contributed by atoms with Crippen molar-refractivity contribution in [2.24, 2.45) is 5.92 Å². The molecular formula is C19H27N5O. The van der Waals surface area contributed by atoms with Gasteiger partial charge in [0, 0.05) is 69.5 Å². The molecule has 0 unspecified atom stereocenters. The van der Waals surface area contributed by atoms with Gasteiger partial charge in [0.05, 0.1) is 0 Å². The Hall–Kier alpha value is -2.37. The van der Waals surface area contributed by atoms with E-state index in [1.165, 1.54) is 5.69 Å². The first-order valence-electron chi connectivity index (χ1n) is 9.18. The lowest BCUT2D eigenvalue weighted by Gasteiger charge is -2.33. The lowest BCUT2D eigenvalue weighted by molar-refractivity contribution is -0.121. The van der Waals surface area contributed by atoms with E-state index in [1.807, 2.05) is 18.6 Å². The van der Waals surface area contributed by atoms with E-state index in [1.54, 1.807) is 6.20 Å². The van der Waals surface area contributed by atoms with Gasteiger partial charge in [-0.25, -0.2) is 4.98 Å². The zero-order valence-electron chi connectivity index (χ0n) is 14.9. The molecule has 1 N–H and O–H groups in total. The predicted molar refractivity (Wildman–Crippen MR) is 98.4 cm³/mol. The number of nitrogens with one attached hydrogen (secondary N) is 1. The van der Waals surface area contributed by atoms with E-state index >= 15 is 0 Å². The molecule has 6 heteroatoms. The average molecular weight is 341 g/mol. The summed E-state index contributed by atoms with van der Waals surface area (Å²) in [6.07, 6.45) is 11.1. The standard InChI is InChI=1S/C19H27N5O/c1-2-18-21-10-14-24(18)13-7-19(25)22-15-16-5-11-23(12-6-16)17-3-8-20-9-4-17/h3-4,8-10,14,16H,2,5-7,11-13,15H2,1H3,(H,22,25). The van der Waals surface area contributed by atoms with Crippen molar-refractivity contribution in [1.29, 1.82) is 0 Å². The predicted octanol–water partition coefficient (Wildman–Crippen LogP) is 2.26. The number of amides is 1. The summed E-state index contributed by atoms with van der Waals surface area (Å²) >= 11 is 0. The molecule has 0 saturated carbocycles. The second-order valence-electron chi connectivity index (χ2n) is 6.58. The number of piperidine rings is 1. The summed E-state index contributed by atoms with van der Waals surface area (Å²) in [5, 5.41) is 3.11. The molecule has 3 heterocycles. The van der Waals surface area contributed by atoms with Crippen LogP contribution in [-0.4, -0.2) is 40.1 Å². The largest absolute Gasteiger partial charge is 0.371 e. The first-order valence-corrected chi connectivity index (χ1v) is 9.18. The van der Waals surface area contributed by atoms with E-state index in [2.05, 4.69) is 43.8 Å². The van der Waals surface area contributed by atoms with Crippen LogP contribution in [0.1, 0.15) is 32.0 Å². The molecule has 2 aromatic rings. The monoisotopic (exact) mass is 341 g/mol. The van der Waals surface area contributed by atoms with Gasteiger partial charge in [-0.2, -0.15) is 0 Å². The van der Waals surface area contributed by atoms with Crippen molar-refractivity contribution in [2.75, 3.05) is 24.5 Å². The molecule has 0 aliphatic carbocycles. The molecule has 0 spiro atoms. The Morgan fingerprint density at radius 1 is 1.24 bits per heavy atom. The number of nitrogens with zero attached hydrogens (tertiary/aromatic N) is 4. The van der Waals surface area contributed by atoms with Crippen molar-refractivity contribution >= 4 is 11.6 Å². The number of aryl methyl sites for hydroxylation is 2. The number of carbonyl (C=O) groups is 1. The van der Waals surface area contributed by atoms with Crippen LogP contribution >= 0.6 is 0 Å². The van der Waals surface area contributed by atoms with Gasteiger partial charge in [0.25, 0.3) is 0 Å². The molecule has 0 radical (unpaired) electrons. The maximum Gasteiger partial charge on any atom is 0.221 e. The van der Waals surface area contributed by atoms with Gasteiger partial charge >= 0.3 is 0 Å². The van der Waals surface area contributed by atoms with E-state index in [0.29, 0.717) is 18.9 Å². The van der Waals surface area contributed by atoms with Crippen LogP contribution in [0.2, 0.25) is 0 Å². The molecule has 0 aromatic carbocycles. The van der Waals surface area contributed by atoms with Gasteiger partial charge < -0.3 is 14.8 Å². The maximum atomic E-state index is 12.1. The minimum Gasteiger partial charge on any atom is -0.371 e. The fourth-order valence-corrected chi connectivity index (χ4v) is 3.38. The van der Waals surface area contributed by atoms with Crippen LogP contribution in [0.25, 0.3) is 0 Å². The number of pyridine rings is 1. The quantitative estimate of drug-likeness (QED) is 0.839. The van der Waals surface area contributed by atoms with E-state index < -0.39 is 0 Å². The fourth-order valence-electron chi connectivity index (χ4n) is 3.38. The Balaban J connectivity index is 1.36. The zero-order chi connectivity index (χ0) is 17.5. The minimum absolute atomic E-state index is 0.132. The molecule has 134 valence electrons. The highest BCUT2D eigenvalue weighted by Crippen LogP contribution is 2.22. The Bertz CT molecular complexity index is 661. The summed E-state index contributed by atoms with van der Waals surface area (Å²) in [4.78, 5) is 22.9. The highest BCUT2D eigenvalue weighted by Gasteiger charge is 2.19. The van der Waals surface area contributed by atoms with Crippen molar-refractivity contribution in [3.8, 4) is 0 Å². The average Bonchev–Trinajstić information content (AvgIpc) is 3.13. The summed E-state index contributed by atoms with van der Waals surface area (Å²) in [5.41, 5.74) is 1.24. The number of hydrogen-bond donors (Lipinski definition) is 1. The van der Waals surface area contributed by atoms with E-state index in [-0.39, 0.29) is 5.91 Å². The van der Waals surface area contributed by atoms with Crippen molar-refractivity contribution in [3.05, 3.63) is 42.7 Å². The molecule has 2 aromatic heterocycles. The number of anilines is 1. The van der Waals surface area contributed by atoms with Gasteiger partial charge in [-0.1, -0.05) is 6.92 Å². The fraction of sp³-hybridized carbons (Fsp3) is 0.526. The lowest BCUT2D eigenvalue weighted by atomic mass is 9.96. The topological polar surface area (TPSA) is 63.1 Å². The van der Waals surface area contributed by atoms with Crippen molar-refractivity contribution in [2.45, 2.75) is 39.2 Å². The molecule has 25 heavy (non-hydrogen) atoms. The number of imidazole rings is 1.